The first-order valence-electron chi connectivity index (χ1n) is 7.62. The van der Waals surface area contributed by atoms with Crippen molar-refractivity contribution in [2.45, 2.75) is 30.9 Å². The minimum absolute atomic E-state index is 0.241. The molecule has 23 heavy (non-hydrogen) atoms. The molecule has 0 aliphatic carbocycles. The van der Waals surface area contributed by atoms with Crippen LogP contribution in [0.1, 0.15) is 24.6 Å². The lowest BCUT2D eigenvalue weighted by molar-refractivity contribution is 0.436. The number of nitrogens with zero attached hydrogens (tertiary/aromatic N) is 3. The molecule has 6 nitrogen and oxygen atoms in total. The van der Waals surface area contributed by atoms with Crippen molar-refractivity contribution in [3.05, 3.63) is 29.1 Å². The second-order valence-electron chi connectivity index (χ2n) is 5.92. The van der Waals surface area contributed by atoms with E-state index in [-0.39, 0.29) is 10.0 Å². The Morgan fingerprint density at radius 3 is 2.48 bits per heavy atom. The summed E-state index contributed by atoms with van der Waals surface area (Å²) in [6.07, 6.45) is 2.29. The quantitative estimate of drug-likeness (QED) is 0.916. The molecule has 2 aromatic rings. The van der Waals surface area contributed by atoms with E-state index in [2.05, 4.69) is 26.7 Å². The van der Waals surface area contributed by atoms with E-state index in [0.717, 1.165) is 42.5 Å². The standard InChI is InChI=1S/C15H20N4O2S2/c1-11-7-9-19(10-8-11)14-5-4-13(16-17-14)18-23(20,21)15-6-3-12(2)22-15/h3-6,11H,7-10H2,1-2H3,(H,16,18). The largest absolute Gasteiger partial charge is 0.355 e. The number of rotatable bonds is 4. The molecule has 0 amide bonds. The molecule has 1 N–H and O–H groups in total. The molecular formula is C15H20N4O2S2. The van der Waals surface area contributed by atoms with Crippen molar-refractivity contribution < 1.29 is 8.42 Å². The summed E-state index contributed by atoms with van der Waals surface area (Å²) < 4.78 is 27.3. The number of sulfonamides is 1. The third-order valence-electron chi connectivity index (χ3n) is 3.98. The summed E-state index contributed by atoms with van der Waals surface area (Å²) in [6.45, 7) is 6.07. The predicted molar refractivity (Wildman–Crippen MR) is 92.5 cm³/mol. The van der Waals surface area contributed by atoms with Gasteiger partial charge >= 0.3 is 0 Å². The van der Waals surface area contributed by atoms with Crippen LogP contribution in [0.4, 0.5) is 11.6 Å². The summed E-state index contributed by atoms with van der Waals surface area (Å²) in [5.74, 6) is 1.79. The zero-order valence-electron chi connectivity index (χ0n) is 13.2. The van der Waals surface area contributed by atoms with Gasteiger partial charge in [0, 0.05) is 18.0 Å². The predicted octanol–water partition coefficient (Wildman–Crippen LogP) is 2.88. The first-order valence-corrected chi connectivity index (χ1v) is 9.92. The highest BCUT2D eigenvalue weighted by molar-refractivity contribution is 7.94. The second-order valence-corrected chi connectivity index (χ2v) is 9.11. The highest BCUT2D eigenvalue weighted by Gasteiger charge is 2.19. The smallest absolute Gasteiger partial charge is 0.272 e. The summed E-state index contributed by atoms with van der Waals surface area (Å²) in [5.41, 5.74) is 0. The second kappa shape index (κ2) is 6.45. The van der Waals surface area contributed by atoms with Gasteiger partial charge in [0.15, 0.2) is 11.6 Å². The fraction of sp³-hybridized carbons (Fsp3) is 0.467. The Bertz CT molecular complexity index is 763. The van der Waals surface area contributed by atoms with Crippen LogP contribution in [-0.2, 0) is 10.0 Å². The summed E-state index contributed by atoms with van der Waals surface area (Å²) in [4.78, 5) is 3.14. The number of thiophene rings is 1. The van der Waals surface area contributed by atoms with Crippen LogP contribution in [0.2, 0.25) is 0 Å². The lowest BCUT2D eigenvalue weighted by Crippen LogP contribution is -2.33. The summed E-state index contributed by atoms with van der Waals surface area (Å²) in [6, 6.07) is 6.86. The first-order chi connectivity index (χ1) is 10.9. The molecular weight excluding hydrogens is 332 g/mol. The van der Waals surface area contributed by atoms with E-state index < -0.39 is 10.0 Å². The summed E-state index contributed by atoms with van der Waals surface area (Å²) >= 11 is 1.23. The van der Waals surface area contributed by atoms with Gasteiger partial charge in [-0.25, -0.2) is 8.42 Å². The van der Waals surface area contributed by atoms with E-state index in [4.69, 9.17) is 0 Å². The molecule has 0 bridgehead atoms. The van der Waals surface area contributed by atoms with Crippen LogP contribution in [-0.4, -0.2) is 31.7 Å². The zero-order valence-corrected chi connectivity index (χ0v) is 14.8. The van der Waals surface area contributed by atoms with Gasteiger partial charge < -0.3 is 4.90 Å². The van der Waals surface area contributed by atoms with Gasteiger partial charge in [0.2, 0.25) is 0 Å². The molecule has 2 aromatic heterocycles. The minimum atomic E-state index is -3.59. The van der Waals surface area contributed by atoms with Gasteiger partial charge in [-0.1, -0.05) is 6.92 Å². The maximum atomic E-state index is 12.3. The van der Waals surface area contributed by atoms with E-state index in [1.807, 2.05) is 13.0 Å². The molecule has 3 rings (SSSR count). The molecule has 0 unspecified atom stereocenters. The van der Waals surface area contributed by atoms with Gasteiger partial charge in [0.05, 0.1) is 0 Å². The van der Waals surface area contributed by atoms with Crippen molar-refractivity contribution in [2.24, 2.45) is 5.92 Å². The van der Waals surface area contributed by atoms with Crippen LogP contribution in [0, 0.1) is 12.8 Å². The molecule has 1 saturated heterocycles. The molecule has 124 valence electrons. The minimum Gasteiger partial charge on any atom is -0.355 e. The van der Waals surface area contributed by atoms with Crippen LogP contribution < -0.4 is 9.62 Å². The molecule has 1 aliphatic heterocycles. The van der Waals surface area contributed by atoms with Gasteiger partial charge in [-0.3, -0.25) is 4.72 Å². The molecule has 8 heteroatoms. The lowest BCUT2D eigenvalue weighted by Gasteiger charge is -2.30. The van der Waals surface area contributed by atoms with Gasteiger partial charge in [-0.2, -0.15) is 0 Å². The summed E-state index contributed by atoms with van der Waals surface area (Å²) in [5, 5.41) is 8.18. The Kier molecular flexibility index (Phi) is 4.54. The van der Waals surface area contributed by atoms with Crippen molar-refractivity contribution in [1.29, 1.82) is 0 Å². The van der Waals surface area contributed by atoms with E-state index in [1.165, 1.54) is 11.3 Å². The van der Waals surface area contributed by atoms with Crippen molar-refractivity contribution in [2.75, 3.05) is 22.7 Å². The average molecular weight is 352 g/mol. The number of anilines is 2. The molecule has 1 aliphatic rings. The van der Waals surface area contributed by atoms with Crippen LogP contribution in [0.15, 0.2) is 28.5 Å². The average Bonchev–Trinajstić information content (AvgIpc) is 2.96. The Labute approximate surface area is 140 Å². The maximum absolute atomic E-state index is 12.3. The van der Waals surface area contributed by atoms with E-state index >= 15 is 0 Å². The van der Waals surface area contributed by atoms with Crippen molar-refractivity contribution in [1.82, 2.24) is 10.2 Å². The number of aryl methyl sites for hydroxylation is 1. The Balaban J connectivity index is 1.70. The number of hydrogen-bond acceptors (Lipinski definition) is 6. The highest BCUT2D eigenvalue weighted by Crippen LogP contribution is 2.24. The van der Waals surface area contributed by atoms with E-state index in [1.54, 1.807) is 18.2 Å². The van der Waals surface area contributed by atoms with Crippen molar-refractivity contribution >= 4 is 33.0 Å². The van der Waals surface area contributed by atoms with Crippen LogP contribution in [0.5, 0.6) is 0 Å². The van der Waals surface area contributed by atoms with E-state index in [0.29, 0.717) is 0 Å². The number of hydrogen-bond donors (Lipinski definition) is 1. The molecule has 0 saturated carbocycles. The Hall–Kier alpha value is -1.67. The van der Waals surface area contributed by atoms with Crippen molar-refractivity contribution in [3.8, 4) is 0 Å². The molecule has 0 spiro atoms. The maximum Gasteiger partial charge on any atom is 0.272 e. The van der Waals surface area contributed by atoms with Gasteiger partial charge in [-0.05, 0) is 49.9 Å². The monoisotopic (exact) mass is 352 g/mol. The van der Waals surface area contributed by atoms with E-state index in [9.17, 15) is 8.42 Å². The molecule has 0 radical (unpaired) electrons. The topological polar surface area (TPSA) is 75.2 Å². The molecule has 0 atom stereocenters. The number of piperidine rings is 1. The number of aromatic nitrogens is 2. The van der Waals surface area contributed by atoms with Crippen LogP contribution in [0.25, 0.3) is 0 Å². The third kappa shape index (κ3) is 3.81. The van der Waals surface area contributed by atoms with Gasteiger partial charge in [-0.15, -0.1) is 21.5 Å². The van der Waals surface area contributed by atoms with Gasteiger partial charge in [0.1, 0.15) is 4.21 Å². The lowest BCUT2D eigenvalue weighted by atomic mass is 9.99. The van der Waals surface area contributed by atoms with Crippen LogP contribution >= 0.6 is 11.3 Å². The fourth-order valence-electron chi connectivity index (χ4n) is 2.53. The van der Waals surface area contributed by atoms with Crippen LogP contribution in [0.3, 0.4) is 0 Å². The normalized spacial score (nSPS) is 16.5. The first kappa shape index (κ1) is 16.2. The molecule has 3 heterocycles. The fourth-order valence-corrected chi connectivity index (χ4v) is 4.81. The summed E-state index contributed by atoms with van der Waals surface area (Å²) in [7, 11) is -3.59. The highest BCUT2D eigenvalue weighted by atomic mass is 32.2. The number of nitrogens with one attached hydrogen (secondary N) is 1. The third-order valence-corrected chi connectivity index (χ3v) is 6.82. The SMILES string of the molecule is Cc1ccc(S(=O)(=O)Nc2ccc(N3CCC(C)CC3)nn2)s1. The zero-order chi connectivity index (χ0) is 16.4. The van der Waals surface area contributed by atoms with Gasteiger partial charge in [0.25, 0.3) is 10.0 Å². The molecule has 0 aromatic carbocycles. The van der Waals surface area contributed by atoms with Crippen molar-refractivity contribution in [3.63, 3.8) is 0 Å². The Morgan fingerprint density at radius 2 is 1.91 bits per heavy atom. The molecule has 1 fully saturated rings. The Morgan fingerprint density at radius 1 is 1.17 bits per heavy atom.